The van der Waals surface area contributed by atoms with Gasteiger partial charge in [-0.2, -0.15) is 0 Å². The Balaban J connectivity index is 1.63. The molecule has 1 aromatic heterocycles. The Bertz CT molecular complexity index is 1070. The van der Waals surface area contributed by atoms with Crippen LogP contribution in [0.4, 0.5) is 4.39 Å². The number of para-hydroxylation sites is 1. The van der Waals surface area contributed by atoms with E-state index in [1.54, 1.807) is 18.2 Å². The van der Waals surface area contributed by atoms with Gasteiger partial charge in [0.15, 0.2) is 17.9 Å². The zero-order chi connectivity index (χ0) is 20.1. The van der Waals surface area contributed by atoms with Gasteiger partial charge < -0.3 is 19.2 Å². The molecule has 2 aromatic carbocycles. The summed E-state index contributed by atoms with van der Waals surface area (Å²) in [7, 11) is 1.43. The minimum Gasteiger partial charge on any atom is -0.493 e. The molecule has 0 saturated heterocycles. The van der Waals surface area contributed by atoms with Gasteiger partial charge in [0.1, 0.15) is 11.4 Å². The molecule has 0 aliphatic heterocycles. The second-order valence-electron chi connectivity index (χ2n) is 5.81. The van der Waals surface area contributed by atoms with Crippen molar-refractivity contribution in [1.29, 1.82) is 0 Å². The number of carbonyl (C=O) groups excluding carboxylic acids is 2. The number of hydrogen-bond donors (Lipinski definition) is 1. The molecule has 0 saturated carbocycles. The van der Waals surface area contributed by atoms with Crippen LogP contribution in [0.25, 0.3) is 11.0 Å². The van der Waals surface area contributed by atoms with E-state index in [1.165, 1.54) is 37.4 Å². The summed E-state index contributed by atoms with van der Waals surface area (Å²) in [6.07, 6.45) is 0. The normalized spacial score (nSPS) is 10.5. The van der Waals surface area contributed by atoms with Gasteiger partial charge in [-0.3, -0.25) is 4.79 Å². The Morgan fingerprint density at radius 1 is 1.14 bits per heavy atom. The Morgan fingerprint density at radius 2 is 1.89 bits per heavy atom. The molecule has 28 heavy (non-hydrogen) atoms. The van der Waals surface area contributed by atoms with Crippen molar-refractivity contribution in [2.75, 3.05) is 13.7 Å². The van der Waals surface area contributed by atoms with Crippen LogP contribution in [0.3, 0.4) is 0 Å². The van der Waals surface area contributed by atoms with Crippen molar-refractivity contribution >= 4 is 22.8 Å². The molecule has 1 heterocycles. The van der Waals surface area contributed by atoms with Crippen molar-refractivity contribution in [3.8, 4) is 5.75 Å². The molecule has 1 N–H and O–H groups in total. The van der Waals surface area contributed by atoms with E-state index in [2.05, 4.69) is 5.32 Å². The molecule has 3 aromatic rings. The highest BCUT2D eigenvalue weighted by molar-refractivity contribution is 5.95. The molecule has 0 atom stereocenters. The lowest BCUT2D eigenvalue weighted by atomic mass is 10.2. The third-order valence-corrected chi connectivity index (χ3v) is 3.90. The fraction of sp³-hybridized carbons (Fsp3) is 0.150. The third kappa shape index (κ3) is 4.35. The lowest BCUT2D eigenvalue weighted by Crippen LogP contribution is -2.29. The fourth-order valence-corrected chi connectivity index (χ4v) is 2.48. The molecule has 0 aliphatic rings. The Hall–Kier alpha value is -3.68. The van der Waals surface area contributed by atoms with Crippen LogP contribution in [0, 0.1) is 5.82 Å². The average molecular weight is 385 g/mol. The quantitative estimate of drug-likeness (QED) is 0.517. The Kier molecular flexibility index (Phi) is 5.69. The van der Waals surface area contributed by atoms with Crippen LogP contribution in [0.2, 0.25) is 0 Å². The summed E-state index contributed by atoms with van der Waals surface area (Å²) in [5, 5.41) is 3.01. The number of ether oxygens (including phenoxy) is 2. The number of hydrogen-bond acceptors (Lipinski definition) is 6. The zero-order valence-corrected chi connectivity index (χ0v) is 14.9. The number of benzene rings is 2. The molecular formula is C20H16FNO6. The highest BCUT2D eigenvalue weighted by Gasteiger charge is 2.18. The van der Waals surface area contributed by atoms with E-state index in [4.69, 9.17) is 13.9 Å². The summed E-state index contributed by atoms with van der Waals surface area (Å²) < 4.78 is 28.0. The van der Waals surface area contributed by atoms with E-state index in [9.17, 15) is 18.8 Å². The maximum Gasteiger partial charge on any atom is 0.351 e. The van der Waals surface area contributed by atoms with Crippen molar-refractivity contribution < 1.29 is 27.9 Å². The smallest absolute Gasteiger partial charge is 0.351 e. The molecular weight excluding hydrogens is 369 g/mol. The number of amides is 1. The number of carbonyl (C=O) groups is 2. The van der Waals surface area contributed by atoms with Crippen LogP contribution in [0.15, 0.2) is 57.7 Å². The van der Waals surface area contributed by atoms with E-state index in [-0.39, 0.29) is 23.5 Å². The summed E-state index contributed by atoms with van der Waals surface area (Å²) >= 11 is 0. The largest absolute Gasteiger partial charge is 0.493 e. The summed E-state index contributed by atoms with van der Waals surface area (Å²) in [5.74, 6) is -1.56. The molecule has 0 radical (unpaired) electrons. The number of rotatable bonds is 6. The first kappa shape index (κ1) is 19.1. The van der Waals surface area contributed by atoms with Gasteiger partial charge in [-0.05, 0) is 29.8 Å². The first-order chi connectivity index (χ1) is 13.5. The average Bonchev–Trinajstić information content (AvgIpc) is 2.70. The monoisotopic (exact) mass is 385 g/mol. The Morgan fingerprint density at radius 3 is 2.61 bits per heavy atom. The highest BCUT2D eigenvalue weighted by Crippen LogP contribution is 2.24. The standard InChI is InChI=1S/C20H16FNO6/c1-26-16-4-2-3-13-9-15(20(25)28-18(13)16)19(24)27-11-17(23)22-10-12-5-7-14(21)8-6-12/h2-9H,10-11H2,1H3,(H,22,23). The van der Waals surface area contributed by atoms with Gasteiger partial charge in [0.2, 0.25) is 0 Å². The van der Waals surface area contributed by atoms with Crippen LogP contribution >= 0.6 is 0 Å². The summed E-state index contributed by atoms with van der Waals surface area (Å²) in [6, 6.07) is 11.9. The van der Waals surface area contributed by atoms with Crippen LogP contribution in [0.5, 0.6) is 5.75 Å². The number of fused-ring (bicyclic) bond motifs is 1. The topological polar surface area (TPSA) is 94.8 Å². The van der Waals surface area contributed by atoms with Crippen molar-refractivity contribution in [3.63, 3.8) is 0 Å². The third-order valence-electron chi connectivity index (χ3n) is 3.90. The van der Waals surface area contributed by atoms with E-state index in [1.807, 2.05) is 0 Å². The second-order valence-corrected chi connectivity index (χ2v) is 5.81. The van der Waals surface area contributed by atoms with Gasteiger partial charge in [0, 0.05) is 11.9 Å². The maximum absolute atomic E-state index is 12.8. The molecule has 0 unspecified atom stereocenters. The number of nitrogens with one attached hydrogen (secondary N) is 1. The zero-order valence-electron chi connectivity index (χ0n) is 14.9. The predicted octanol–water partition coefficient (Wildman–Crippen LogP) is 2.41. The van der Waals surface area contributed by atoms with Gasteiger partial charge in [-0.25, -0.2) is 14.0 Å². The molecule has 1 amide bonds. The van der Waals surface area contributed by atoms with Gasteiger partial charge in [-0.15, -0.1) is 0 Å². The van der Waals surface area contributed by atoms with Crippen molar-refractivity contribution in [2.24, 2.45) is 0 Å². The van der Waals surface area contributed by atoms with Crippen molar-refractivity contribution in [2.45, 2.75) is 6.54 Å². The van der Waals surface area contributed by atoms with Crippen LogP contribution in [-0.4, -0.2) is 25.6 Å². The lowest BCUT2D eigenvalue weighted by molar-refractivity contribution is -0.124. The highest BCUT2D eigenvalue weighted by atomic mass is 19.1. The van der Waals surface area contributed by atoms with Crippen molar-refractivity contribution in [1.82, 2.24) is 5.32 Å². The number of esters is 1. The molecule has 7 nitrogen and oxygen atoms in total. The van der Waals surface area contributed by atoms with E-state index in [0.717, 1.165) is 0 Å². The molecule has 0 spiro atoms. The molecule has 144 valence electrons. The fourth-order valence-electron chi connectivity index (χ4n) is 2.48. The van der Waals surface area contributed by atoms with Crippen LogP contribution in [0.1, 0.15) is 15.9 Å². The van der Waals surface area contributed by atoms with E-state index >= 15 is 0 Å². The summed E-state index contributed by atoms with van der Waals surface area (Å²) in [5.41, 5.74) is -0.324. The number of halogens is 1. The molecule has 0 fully saturated rings. The SMILES string of the molecule is COc1cccc2cc(C(=O)OCC(=O)NCc3ccc(F)cc3)c(=O)oc12. The molecule has 8 heteroatoms. The van der Waals surface area contributed by atoms with Gasteiger partial charge >= 0.3 is 11.6 Å². The minimum atomic E-state index is -0.976. The summed E-state index contributed by atoms with van der Waals surface area (Å²) in [4.78, 5) is 36.0. The van der Waals surface area contributed by atoms with E-state index in [0.29, 0.717) is 16.7 Å². The Labute approximate surface area is 158 Å². The van der Waals surface area contributed by atoms with Crippen LogP contribution in [-0.2, 0) is 16.1 Å². The minimum absolute atomic E-state index is 0.147. The molecule has 0 aliphatic carbocycles. The first-order valence-electron chi connectivity index (χ1n) is 8.27. The van der Waals surface area contributed by atoms with Gasteiger partial charge in [-0.1, -0.05) is 24.3 Å². The molecule has 0 bridgehead atoms. The first-order valence-corrected chi connectivity index (χ1v) is 8.27. The van der Waals surface area contributed by atoms with Crippen LogP contribution < -0.4 is 15.7 Å². The maximum atomic E-state index is 12.8. The summed E-state index contributed by atoms with van der Waals surface area (Å²) in [6.45, 7) is -0.426. The van der Waals surface area contributed by atoms with E-state index < -0.39 is 24.1 Å². The van der Waals surface area contributed by atoms with Crippen molar-refractivity contribution in [3.05, 3.63) is 75.9 Å². The van der Waals surface area contributed by atoms with Gasteiger partial charge in [0.05, 0.1) is 7.11 Å². The van der Waals surface area contributed by atoms with Gasteiger partial charge in [0.25, 0.3) is 5.91 Å². The molecule has 3 rings (SSSR count). The lowest BCUT2D eigenvalue weighted by Gasteiger charge is -2.07. The second kappa shape index (κ2) is 8.34. The number of methoxy groups -OCH3 is 1. The predicted molar refractivity (Wildman–Crippen MR) is 97.6 cm³/mol.